The second-order valence-electron chi connectivity index (χ2n) is 4.49. The lowest BCUT2D eigenvalue weighted by Crippen LogP contribution is -2.17. The smallest absolute Gasteiger partial charge is 0.0598 e. The molecule has 1 heterocycles. The van der Waals surface area contributed by atoms with Crippen LogP contribution in [0.2, 0.25) is 0 Å². The van der Waals surface area contributed by atoms with Gasteiger partial charge in [0.1, 0.15) is 0 Å². The molecule has 0 amide bonds. The summed E-state index contributed by atoms with van der Waals surface area (Å²) >= 11 is 0. The summed E-state index contributed by atoms with van der Waals surface area (Å²) in [5.41, 5.74) is 10.4. The van der Waals surface area contributed by atoms with Crippen LogP contribution >= 0.6 is 0 Å². The van der Waals surface area contributed by atoms with Crippen molar-refractivity contribution in [1.29, 1.82) is 0 Å². The molecule has 94 valence electrons. The summed E-state index contributed by atoms with van der Waals surface area (Å²) in [6.07, 6.45) is 1.83. The van der Waals surface area contributed by atoms with Crippen molar-refractivity contribution in [3.63, 3.8) is 0 Å². The molecular weight excluding hydrogens is 222 g/mol. The number of anilines is 1. The minimum absolute atomic E-state index is 0.593. The van der Waals surface area contributed by atoms with Gasteiger partial charge in [-0.1, -0.05) is 12.1 Å². The van der Waals surface area contributed by atoms with Crippen LogP contribution in [0.4, 0.5) is 5.69 Å². The molecular formula is C15H19N3. The maximum absolute atomic E-state index is 5.68. The Kier molecular flexibility index (Phi) is 3.95. The predicted octanol–water partition coefficient (Wildman–Crippen LogP) is 2.49. The number of pyridine rings is 1. The second-order valence-corrected chi connectivity index (χ2v) is 4.49. The van der Waals surface area contributed by atoms with Crippen LogP contribution in [0, 0.1) is 6.92 Å². The van der Waals surface area contributed by atoms with Crippen molar-refractivity contribution >= 4 is 5.69 Å². The van der Waals surface area contributed by atoms with E-state index < -0.39 is 0 Å². The molecule has 0 saturated heterocycles. The molecule has 0 aliphatic carbocycles. The lowest BCUT2D eigenvalue weighted by Gasteiger charge is -2.20. The maximum atomic E-state index is 5.68. The van der Waals surface area contributed by atoms with Crippen molar-refractivity contribution < 1.29 is 0 Å². The highest BCUT2D eigenvalue weighted by Crippen LogP contribution is 2.19. The zero-order valence-electron chi connectivity index (χ0n) is 10.9. The molecule has 0 fully saturated rings. The van der Waals surface area contributed by atoms with Crippen molar-refractivity contribution in [1.82, 2.24) is 4.98 Å². The van der Waals surface area contributed by atoms with Crippen LogP contribution in [-0.2, 0) is 13.1 Å². The monoisotopic (exact) mass is 241 g/mol. The lowest BCUT2D eigenvalue weighted by atomic mass is 10.1. The number of nitrogens with two attached hydrogens (primary N) is 1. The number of rotatable bonds is 4. The summed E-state index contributed by atoms with van der Waals surface area (Å²) in [6, 6.07) is 12.4. The van der Waals surface area contributed by atoms with Crippen molar-refractivity contribution in [2.45, 2.75) is 20.0 Å². The molecule has 1 aromatic heterocycles. The van der Waals surface area contributed by atoms with Crippen LogP contribution < -0.4 is 10.6 Å². The summed E-state index contributed by atoms with van der Waals surface area (Å²) in [5, 5.41) is 0. The second kappa shape index (κ2) is 5.65. The van der Waals surface area contributed by atoms with Crippen LogP contribution in [0.15, 0.2) is 42.6 Å². The van der Waals surface area contributed by atoms with Gasteiger partial charge in [0.25, 0.3) is 0 Å². The topological polar surface area (TPSA) is 42.2 Å². The molecule has 0 saturated carbocycles. The molecule has 2 aromatic rings. The molecule has 0 bridgehead atoms. The number of nitrogens with zero attached hydrogens (tertiary/aromatic N) is 2. The molecule has 3 heteroatoms. The van der Waals surface area contributed by atoms with Gasteiger partial charge in [-0.25, -0.2) is 0 Å². The highest BCUT2D eigenvalue weighted by molar-refractivity contribution is 5.50. The van der Waals surface area contributed by atoms with E-state index in [4.69, 9.17) is 5.73 Å². The summed E-state index contributed by atoms with van der Waals surface area (Å²) in [7, 11) is 2.07. The molecule has 0 aliphatic rings. The molecule has 0 unspecified atom stereocenters. The van der Waals surface area contributed by atoms with E-state index >= 15 is 0 Å². The molecule has 2 N–H and O–H groups in total. The van der Waals surface area contributed by atoms with Gasteiger partial charge in [-0.05, 0) is 42.3 Å². The highest BCUT2D eigenvalue weighted by Gasteiger charge is 2.04. The van der Waals surface area contributed by atoms with Crippen LogP contribution in [-0.4, -0.2) is 12.0 Å². The Morgan fingerprint density at radius 2 is 2.06 bits per heavy atom. The summed E-state index contributed by atoms with van der Waals surface area (Å²) in [5.74, 6) is 0. The number of hydrogen-bond donors (Lipinski definition) is 1. The minimum atomic E-state index is 0.593. The molecule has 0 spiro atoms. The highest BCUT2D eigenvalue weighted by atomic mass is 15.1. The quantitative estimate of drug-likeness (QED) is 0.894. The van der Waals surface area contributed by atoms with Crippen molar-refractivity contribution in [2.75, 3.05) is 11.9 Å². The normalized spacial score (nSPS) is 10.4. The van der Waals surface area contributed by atoms with Gasteiger partial charge >= 0.3 is 0 Å². The van der Waals surface area contributed by atoms with E-state index in [1.54, 1.807) is 0 Å². The van der Waals surface area contributed by atoms with Crippen LogP contribution in [0.5, 0.6) is 0 Å². The third kappa shape index (κ3) is 2.87. The SMILES string of the molecule is Cc1cc(N(C)Cc2ccccn2)ccc1CN. The average Bonchev–Trinajstić information content (AvgIpc) is 2.39. The Morgan fingerprint density at radius 1 is 1.22 bits per heavy atom. The van der Waals surface area contributed by atoms with Gasteiger partial charge in [-0.3, -0.25) is 4.98 Å². The van der Waals surface area contributed by atoms with Gasteiger partial charge in [0.15, 0.2) is 0 Å². The first kappa shape index (κ1) is 12.6. The predicted molar refractivity (Wildman–Crippen MR) is 75.4 cm³/mol. The first-order valence-corrected chi connectivity index (χ1v) is 6.11. The maximum Gasteiger partial charge on any atom is 0.0598 e. The van der Waals surface area contributed by atoms with Crippen molar-refractivity contribution in [3.8, 4) is 0 Å². The van der Waals surface area contributed by atoms with Gasteiger partial charge in [0.2, 0.25) is 0 Å². The number of aromatic nitrogens is 1. The van der Waals surface area contributed by atoms with Gasteiger partial charge in [0.05, 0.1) is 12.2 Å². The third-order valence-electron chi connectivity index (χ3n) is 3.11. The van der Waals surface area contributed by atoms with E-state index in [1.807, 2.05) is 24.4 Å². The molecule has 3 nitrogen and oxygen atoms in total. The molecule has 2 rings (SSSR count). The molecule has 0 atom stereocenters. The molecule has 0 radical (unpaired) electrons. The fraction of sp³-hybridized carbons (Fsp3) is 0.267. The Balaban J connectivity index is 2.14. The molecule has 0 aliphatic heterocycles. The van der Waals surface area contributed by atoms with E-state index in [1.165, 1.54) is 16.8 Å². The standard InChI is InChI=1S/C15H19N3/c1-12-9-15(7-6-13(12)10-16)18(2)11-14-5-3-4-8-17-14/h3-9H,10-11,16H2,1-2H3. The van der Waals surface area contributed by atoms with Gasteiger partial charge < -0.3 is 10.6 Å². The van der Waals surface area contributed by atoms with Crippen LogP contribution in [0.1, 0.15) is 16.8 Å². The number of hydrogen-bond acceptors (Lipinski definition) is 3. The first-order valence-electron chi connectivity index (χ1n) is 6.11. The van der Waals surface area contributed by atoms with E-state index in [0.29, 0.717) is 6.54 Å². The molecule has 1 aromatic carbocycles. The first-order chi connectivity index (χ1) is 8.70. The van der Waals surface area contributed by atoms with Gasteiger partial charge in [0, 0.05) is 25.5 Å². The van der Waals surface area contributed by atoms with Crippen LogP contribution in [0.3, 0.4) is 0 Å². The van der Waals surface area contributed by atoms with E-state index in [2.05, 4.69) is 42.1 Å². The largest absolute Gasteiger partial charge is 0.369 e. The third-order valence-corrected chi connectivity index (χ3v) is 3.11. The number of aryl methyl sites for hydroxylation is 1. The summed E-state index contributed by atoms with van der Waals surface area (Å²) in [6.45, 7) is 3.50. The fourth-order valence-electron chi connectivity index (χ4n) is 1.97. The van der Waals surface area contributed by atoms with Gasteiger partial charge in [-0.2, -0.15) is 0 Å². The van der Waals surface area contributed by atoms with E-state index in [0.717, 1.165) is 12.2 Å². The van der Waals surface area contributed by atoms with E-state index in [9.17, 15) is 0 Å². The lowest BCUT2D eigenvalue weighted by molar-refractivity contribution is 0.883. The summed E-state index contributed by atoms with van der Waals surface area (Å²) in [4.78, 5) is 6.53. The fourth-order valence-corrected chi connectivity index (χ4v) is 1.97. The van der Waals surface area contributed by atoms with E-state index in [-0.39, 0.29) is 0 Å². The van der Waals surface area contributed by atoms with Crippen LogP contribution in [0.25, 0.3) is 0 Å². The average molecular weight is 241 g/mol. The van der Waals surface area contributed by atoms with Gasteiger partial charge in [-0.15, -0.1) is 0 Å². The van der Waals surface area contributed by atoms with Crippen molar-refractivity contribution in [3.05, 3.63) is 59.4 Å². The number of benzene rings is 1. The van der Waals surface area contributed by atoms with Crippen molar-refractivity contribution in [2.24, 2.45) is 5.73 Å². The minimum Gasteiger partial charge on any atom is -0.369 e. The Bertz CT molecular complexity index is 508. The Morgan fingerprint density at radius 3 is 2.67 bits per heavy atom. The molecule has 18 heavy (non-hydrogen) atoms. The Labute approximate surface area is 108 Å². The Hall–Kier alpha value is -1.87. The zero-order chi connectivity index (χ0) is 13.0. The zero-order valence-corrected chi connectivity index (χ0v) is 10.9. The summed E-state index contributed by atoms with van der Waals surface area (Å²) < 4.78 is 0.